The molecule has 7 nitrogen and oxygen atoms in total. The lowest BCUT2D eigenvalue weighted by Gasteiger charge is -2.25. The molecule has 0 aliphatic carbocycles. The Morgan fingerprint density at radius 2 is 1.86 bits per heavy atom. The van der Waals surface area contributed by atoms with E-state index in [9.17, 15) is 14.7 Å². The van der Waals surface area contributed by atoms with Crippen molar-refractivity contribution in [2.45, 2.75) is 13.0 Å². The van der Waals surface area contributed by atoms with E-state index in [1.165, 1.54) is 29.1 Å². The van der Waals surface area contributed by atoms with Crippen molar-refractivity contribution < 1.29 is 14.6 Å². The monoisotopic (exact) mass is 531 g/mol. The van der Waals surface area contributed by atoms with Gasteiger partial charge in [-0.3, -0.25) is 14.2 Å². The number of phenols is 1. The highest BCUT2D eigenvalue weighted by molar-refractivity contribution is 7.07. The number of thiazole rings is 1. The summed E-state index contributed by atoms with van der Waals surface area (Å²) in [5.41, 5.74) is 2.59. The molecular formula is C28H22ClN3O4S. The van der Waals surface area contributed by atoms with Crippen molar-refractivity contribution in [3.05, 3.63) is 120 Å². The van der Waals surface area contributed by atoms with Gasteiger partial charge >= 0.3 is 0 Å². The van der Waals surface area contributed by atoms with Gasteiger partial charge in [0.05, 0.1) is 29.0 Å². The van der Waals surface area contributed by atoms with Crippen molar-refractivity contribution in [3.63, 3.8) is 0 Å². The van der Waals surface area contributed by atoms with E-state index in [1.807, 2.05) is 18.2 Å². The number of nitrogens with one attached hydrogen (secondary N) is 1. The molecule has 0 radical (unpaired) electrons. The molecule has 37 heavy (non-hydrogen) atoms. The Balaban J connectivity index is 1.66. The number of rotatable bonds is 5. The van der Waals surface area contributed by atoms with Crippen molar-refractivity contribution in [1.82, 2.24) is 4.57 Å². The number of hydrogen-bond acceptors (Lipinski definition) is 6. The van der Waals surface area contributed by atoms with Gasteiger partial charge in [-0.1, -0.05) is 59.3 Å². The SMILES string of the molecule is COc1ccc(C=c2sc3n(c2=O)[C@@H](c2ccc(Cl)cc2)C(C(=O)Nc2ccccc2)=C(C)N=3)cc1O. The van der Waals surface area contributed by atoms with Gasteiger partial charge in [-0.2, -0.15) is 0 Å². The van der Waals surface area contributed by atoms with E-state index in [-0.39, 0.29) is 17.2 Å². The Kier molecular flexibility index (Phi) is 6.69. The van der Waals surface area contributed by atoms with E-state index < -0.39 is 6.04 Å². The van der Waals surface area contributed by atoms with Crippen molar-refractivity contribution in [3.8, 4) is 11.5 Å². The molecule has 4 aromatic rings. The highest BCUT2D eigenvalue weighted by Crippen LogP contribution is 2.31. The number of allylic oxidation sites excluding steroid dienone is 1. The first kappa shape index (κ1) is 24.5. The molecule has 2 N–H and O–H groups in total. The number of carbonyl (C=O) groups excluding carboxylic acids is 1. The maximum absolute atomic E-state index is 13.7. The van der Waals surface area contributed by atoms with Gasteiger partial charge in [0.25, 0.3) is 11.5 Å². The Hall–Kier alpha value is -4.14. The Bertz CT molecular complexity index is 1710. The number of aromatic hydroxyl groups is 1. The lowest BCUT2D eigenvalue weighted by atomic mass is 9.95. The third-order valence-corrected chi connectivity index (χ3v) is 7.22. The first-order chi connectivity index (χ1) is 17.9. The van der Waals surface area contributed by atoms with Crippen LogP contribution in [-0.2, 0) is 4.79 Å². The zero-order chi connectivity index (χ0) is 26.1. The fourth-order valence-corrected chi connectivity index (χ4v) is 5.41. The van der Waals surface area contributed by atoms with Crippen molar-refractivity contribution >= 4 is 40.6 Å². The normalized spacial score (nSPS) is 15.2. The van der Waals surface area contributed by atoms with Gasteiger partial charge in [0, 0.05) is 10.7 Å². The highest BCUT2D eigenvalue weighted by atomic mass is 35.5. The summed E-state index contributed by atoms with van der Waals surface area (Å²) in [7, 11) is 1.47. The van der Waals surface area contributed by atoms with Gasteiger partial charge < -0.3 is 15.2 Å². The smallest absolute Gasteiger partial charge is 0.271 e. The van der Waals surface area contributed by atoms with Crippen LogP contribution in [0.25, 0.3) is 6.08 Å². The lowest BCUT2D eigenvalue weighted by Crippen LogP contribution is -2.40. The molecule has 0 unspecified atom stereocenters. The van der Waals surface area contributed by atoms with Gasteiger partial charge in [-0.25, -0.2) is 4.99 Å². The number of para-hydroxylation sites is 1. The molecule has 1 atom stereocenters. The summed E-state index contributed by atoms with van der Waals surface area (Å²) in [6.07, 6.45) is 1.69. The minimum Gasteiger partial charge on any atom is -0.504 e. The van der Waals surface area contributed by atoms with E-state index in [0.717, 1.165) is 5.56 Å². The average molecular weight is 532 g/mol. The number of hydrogen-bond donors (Lipinski definition) is 2. The Labute approximate surface area is 221 Å². The third-order valence-electron chi connectivity index (χ3n) is 5.98. The second kappa shape index (κ2) is 10.1. The molecule has 2 heterocycles. The third kappa shape index (κ3) is 4.81. The van der Waals surface area contributed by atoms with Crippen LogP contribution in [0.4, 0.5) is 5.69 Å². The molecule has 0 spiro atoms. The van der Waals surface area contributed by atoms with E-state index >= 15 is 0 Å². The van der Waals surface area contributed by atoms with Crippen LogP contribution in [0.15, 0.2) is 93.9 Å². The molecule has 5 rings (SSSR count). The number of benzene rings is 3. The van der Waals surface area contributed by atoms with E-state index in [0.29, 0.717) is 42.6 Å². The summed E-state index contributed by atoms with van der Waals surface area (Å²) < 4.78 is 7.06. The fourth-order valence-electron chi connectivity index (χ4n) is 4.24. The van der Waals surface area contributed by atoms with E-state index in [4.69, 9.17) is 16.3 Å². The zero-order valence-corrected chi connectivity index (χ0v) is 21.5. The second-order valence-electron chi connectivity index (χ2n) is 8.38. The number of phenolic OH excluding ortho intramolecular Hbond substituents is 1. The molecule has 1 amide bonds. The minimum atomic E-state index is -0.705. The molecule has 0 saturated carbocycles. The highest BCUT2D eigenvalue weighted by Gasteiger charge is 2.32. The largest absolute Gasteiger partial charge is 0.504 e. The molecule has 9 heteroatoms. The zero-order valence-electron chi connectivity index (χ0n) is 19.9. The van der Waals surface area contributed by atoms with Crippen LogP contribution in [0.5, 0.6) is 11.5 Å². The first-order valence-corrected chi connectivity index (χ1v) is 12.6. The van der Waals surface area contributed by atoms with Crippen LogP contribution in [0, 0.1) is 0 Å². The number of carbonyl (C=O) groups is 1. The second-order valence-corrected chi connectivity index (χ2v) is 9.83. The fraction of sp³-hybridized carbons (Fsp3) is 0.107. The standard InChI is InChI=1S/C28H22ClN3O4S/c1-16-24(26(34)31-20-6-4-3-5-7-20)25(18-9-11-19(29)12-10-18)32-27(35)23(37-28(32)30-16)15-17-8-13-22(36-2)21(33)14-17/h3-15,25,33H,1-2H3,(H,31,34)/t25-/m0/s1. The summed E-state index contributed by atoms with van der Waals surface area (Å²) in [5.74, 6) is -0.0356. The van der Waals surface area contributed by atoms with Crippen LogP contribution in [0.1, 0.15) is 24.1 Å². The average Bonchev–Trinajstić information content (AvgIpc) is 3.18. The Morgan fingerprint density at radius 1 is 1.14 bits per heavy atom. The first-order valence-electron chi connectivity index (χ1n) is 11.4. The van der Waals surface area contributed by atoms with E-state index in [2.05, 4.69) is 10.3 Å². The van der Waals surface area contributed by atoms with Crippen molar-refractivity contribution in [1.29, 1.82) is 0 Å². The summed E-state index contributed by atoms with van der Waals surface area (Å²) in [6.45, 7) is 1.77. The minimum absolute atomic E-state index is 0.0289. The predicted octanol–water partition coefficient (Wildman–Crippen LogP) is 4.24. The predicted molar refractivity (Wildman–Crippen MR) is 145 cm³/mol. The number of ether oxygens (including phenoxy) is 1. The maximum atomic E-state index is 13.7. The van der Waals surface area contributed by atoms with Crippen LogP contribution in [0.3, 0.4) is 0 Å². The van der Waals surface area contributed by atoms with Crippen molar-refractivity contribution in [2.24, 2.45) is 4.99 Å². The number of methoxy groups -OCH3 is 1. The van der Waals surface area contributed by atoms with Gasteiger partial charge in [0.2, 0.25) is 0 Å². The van der Waals surface area contributed by atoms with Gasteiger partial charge in [-0.05, 0) is 60.5 Å². The molecule has 186 valence electrons. The molecule has 1 aromatic heterocycles. The summed E-state index contributed by atoms with van der Waals surface area (Å²) in [6, 6.07) is 20.4. The molecule has 0 bridgehead atoms. The molecule has 1 aliphatic rings. The maximum Gasteiger partial charge on any atom is 0.271 e. The van der Waals surface area contributed by atoms with Crippen LogP contribution in [0.2, 0.25) is 5.02 Å². The molecular weight excluding hydrogens is 510 g/mol. The molecule has 1 aliphatic heterocycles. The molecule has 0 fully saturated rings. The topological polar surface area (TPSA) is 92.9 Å². The summed E-state index contributed by atoms with van der Waals surface area (Å²) in [5, 5.41) is 13.6. The number of nitrogens with zero attached hydrogens (tertiary/aromatic N) is 2. The molecule has 0 saturated heterocycles. The Morgan fingerprint density at radius 3 is 2.54 bits per heavy atom. The summed E-state index contributed by atoms with van der Waals surface area (Å²) in [4.78, 5) is 32.4. The van der Waals surface area contributed by atoms with Gasteiger partial charge in [0.15, 0.2) is 16.3 Å². The number of halogens is 1. The van der Waals surface area contributed by atoms with E-state index in [1.54, 1.807) is 61.5 Å². The number of fused-ring (bicyclic) bond motifs is 1. The number of anilines is 1. The lowest BCUT2D eigenvalue weighted by molar-refractivity contribution is -0.113. The van der Waals surface area contributed by atoms with Crippen LogP contribution >= 0.6 is 22.9 Å². The van der Waals surface area contributed by atoms with Crippen LogP contribution in [-0.4, -0.2) is 22.7 Å². The van der Waals surface area contributed by atoms with Crippen molar-refractivity contribution in [2.75, 3.05) is 12.4 Å². The number of aromatic nitrogens is 1. The summed E-state index contributed by atoms with van der Waals surface area (Å²) >= 11 is 7.35. The van der Waals surface area contributed by atoms with Gasteiger partial charge in [-0.15, -0.1) is 0 Å². The molecule has 3 aromatic carbocycles. The van der Waals surface area contributed by atoms with Crippen LogP contribution < -0.4 is 24.9 Å². The van der Waals surface area contributed by atoms with Gasteiger partial charge in [0.1, 0.15) is 0 Å². The number of amides is 1. The quantitative estimate of drug-likeness (QED) is 0.403.